The van der Waals surface area contributed by atoms with Crippen molar-refractivity contribution in [1.82, 2.24) is 9.97 Å². The van der Waals surface area contributed by atoms with Gasteiger partial charge in [-0.15, -0.1) is 11.8 Å². The van der Waals surface area contributed by atoms with Crippen LogP contribution in [0.1, 0.15) is 39.2 Å². The molecule has 0 bridgehead atoms. The van der Waals surface area contributed by atoms with Gasteiger partial charge in [-0.25, -0.2) is 14.6 Å². The van der Waals surface area contributed by atoms with Crippen LogP contribution in [-0.4, -0.2) is 34.8 Å². The monoisotopic (exact) mass is 435 g/mol. The third-order valence-corrected chi connectivity index (χ3v) is 5.06. The van der Waals surface area contributed by atoms with Gasteiger partial charge >= 0.3 is 11.9 Å². The highest BCUT2D eigenvalue weighted by Crippen LogP contribution is 2.29. The van der Waals surface area contributed by atoms with Gasteiger partial charge in [0, 0.05) is 4.90 Å². The van der Waals surface area contributed by atoms with Crippen molar-refractivity contribution in [2.45, 2.75) is 25.3 Å². The predicted octanol–water partition coefficient (Wildman–Crippen LogP) is 4.02. The van der Waals surface area contributed by atoms with E-state index in [4.69, 9.17) is 31.2 Å². The van der Waals surface area contributed by atoms with Crippen LogP contribution in [0.15, 0.2) is 27.5 Å². The highest BCUT2D eigenvalue weighted by atomic mass is 35.5. The van der Waals surface area contributed by atoms with Crippen LogP contribution in [0.25, 0.3) is 11.1 Å². The lowest BCUT2D eigenvalue weighted by Crippen LogP contribution is -2.10. The minimum absolute atomic E-state index is 0.0309. The molecule has 0 atom stereocenters. The molecule has 2 heterocycles. The van der Waals surface area contributed by atoms with Gasteiger partial charge in [0.25, 0.3) is 0 Å². The van der Waals surface area contributed by atoms with Crippen LogP contribution in [0.3, 0.4) is 0 Å². The molecule has 0 aliphatic carbocycles. The van der Waals surface area contributed by atoms with Crippen LogP contribution in [0.4, 0.5) is 5.82 Å². The fraction of sp³-hybridized carbons (Fsp3) is 0.263. The van der Waals surface area contributed by atoms with Gasteiger partial charge in [-0.05, 0) is 38.3 Å². The molecule has 0 saturated heterocycles. The number of nitrogens with two attached hydrogens (primary N) is 1. The fourth-order valence-electron chi connectivity index (χ4n) is 2.69. The number of hydrogen-bond donors (Lipinski definition) is 1. The zero-order chi connectivity index (χ0) is 21.1. The molecule has 3 aromatic rings. The molecule has 10 heteroatoms. The molecule has 0 fully saturated rings. The van der Waals surface area contributed by atoms with Gasteiger partial charge in [-0.3, -0.25) is 0 Å². The second kappa shape index (κ2) is 8.71. The first-order valence-corrected chi connectivity index (χ1v) is 10.2. The van der Waals surface area contributed by atoms with E-state index in [1.165, 1.54) is 11.8 Å². The summed E-state index contributed by atoms with van der Waals surface area (Å²) >= 11 is 7.57. The Balaban J connectivity index is 1.85. The minimum Gasteiger partial charge on any atom is -0.462 e. The second-order valence-electron chi connectivity index (χ2n) is 5.88. The van der Waals surface area contributed by atoms with E-state index >= 15 is 0 Å². The molecule has 2 aromatic heterocycles. The Morgan fingerprint density at radius 2 is 2.00 bits per heavy atom. The van der Waals surface area contributed by atoms with Gasteiger partial charge in [0.1, 0.15) is 17.1 Å². The molecule has 0 unspecified atom stereocenters. The highest BCUT2D eigenvalue weighted by Gasteiger charge is 2.24. The van der Waals surface area contributed by atoms with Gasteiger partial charge in [0.15, 0.2) is 12.4 Å². The number of halogens is 1. The zero-order valence-electron chi connectivity index (χ0n) is 15.9. The second-order valence-corrected chi connectivity index (χ2v) is 7.17. The van der Waals surface area contributed by atoms with Crippen LogP contribution >= 0.6 is 23.4 Å². The van der Waals surface area contributed by atoms with E-state index in [9.17, 15) is 9.59 Å². The first-order valence-electron chi connectivity index (χ1n) is 8.59. The van der Waals surface area contributed by atoms with Crippen molar-refractivity contribution in [1.29, 1.82) is 0 Å². The number of benzene rings is 1. The Kier molecular flexibility index (Phi) is 6.29. The summed E-state index contributed by atoms with van der Waals surface area (Å²) in [5.41, 5.74) is 6.54. The highest BCUT2D eigenvalue weighted by molar-refractivity contribution is 7.98. The fourth-order valence-corrected chi connectivity index (χ4v) is 3.33. The van der Waals surface area contributed by atoms with Crippen LogP contribution in [0.5, 0.6) is 0 Å². The average molecular weight is 436 g/mol. The maximum absolute atomic E-state index is 12.4. The maximum atomic E-state index is 12.4. The number of aromatic nitrogens is 2. The standard InChI is InChI=1S/C19H18ClN3O5S/c1-4-26-19(25)14-9(2)28-17-15(14)16(21)22-13(23-17)8-27-18(24)11-7-10(29-3)5-6-12(11)20/h5-7H,4,8H2,1-3H3,(H2,21,22,23). The van der Waals surface area contributed by atoms with Crippen molar-refractivity contribution in [2.24, 2.45) is 0 Å². The van der Waals surface area contributed by atoms with Crippen molar-refractivity contribution < 1.29 is 23.5 Å². The Morgan fingerprint density at radius 3 is 2.69 bits per heavy atom. The van der Waals surface area contributed by atoms with Gasteiger partial charge in [0.2, 0.25) is 5.71 Å². The average Bonchev–Trinajstić information content (AvgIpc) is 3.03. The van der Waals surface area contributed by atoms with Crippen molar-refractivity contribution in [3.05, 3.63) is 45.9 Å². The van der Waals surface area contributed by atoms with Crippen LogP contribution in [0, 0.1) is 6.92 Å². The smallest absolute Gasteiger partial charge is 0.342 e. The van der Waals surface area contributed by atoms with Crippen LogP contribution in [-0.2, 0) is 16.1 Å². The summed E-state index contributed by atoms with van der Waals surface area (Å²) in [6, 6.07) is 5.09. The minimum atomic E-state index is -0.615. The van der Waals surface area contributed by atoms with E-state index in [-0.39, 0.29) is 52.1 Å². The van der Waals surface area contributed by atoms with E-state index in [0.29, 0.717) is 5.76 Å². The topological polar surface area (TPSA) is 118 Å². The largest absolute Gasteiger partial charge is 0.462 e. The third-order valence-electron chi connectivity index (χ3n) is 4.01. The number of ether oxygens (including phenoxy) is 2. The van der Waals surface area contributed by atoms with Crippen molar-refractivity contribution in [3.63, 3.8) is 0 Å². The molecular weight excluding hydrogens is 418 g/mol. The molecule has 8 nitrogen and oxygen atoms in total. The molecule has 29 heavy (non-hydrogen) atoms. The van der Waals surface area contributed by atoms with E-state index in [1.54, 1.807) is 26.0 Å². The molecule has 0 amide bonds. The van der Waals surface area contributed by atoms with E-state index in [0.717, 1.165) is 4.90 Å². The Hall–Kier alpha value is -2.78. The Bertz CT molecular complexity index is 1100. The molecule has 0 radical (unpaired) electrons. The summed E-state index contributed by atoms with van der Waals surface area (Å²) < 4.78 is 15.8. The first kappa shape index (κ1) is 20.9. The number of carbonyl (C=O) groups is 2. The number of thioether (sulfide) groups is 1. The summed E-state index contributed by atoms with van der Waals surface area (Å²) in [5.74, 6) is -0.708. The Labute approximate surface area is 175 Å². The summed E-state index contributed by atoms with van der Waals surface area (Å²) in [4.78, 5) is 33.7. The number of fused-ring (bicyclic) bond motifs is 1. The molecule has 2 N–H and O–H groups in total. The molecular formula is C19H18ClN3O5S. The molecule has 0 aliphatic rings. The summed E-state index contributed by atoms with van der Waals surface area (Å²) in [7, 11) is 0. The van der Waals surface area contributed by atoms with Crippen LogP contribution < -0.4 is 5.73 Å². The van der Waals surface area contributed by atoms with Gasteiger partial charge in [-0.2, -0.15) is 4.98 Å². The number of esters is 2. The number of hydrogen-bond acceptors (Lipinski definition) is 9. The molecule has 3 rings (SSSR count). The number of anilines is 1. The van der Waals surface area contributed by atoms with Gasteiger partial charge in [-0.1, -0.05) is 11.6 Å². The number of carbonyl (C=O) groups excluding carboxylic acids is 2. The van der Waals surface area contributed by atoms with E-state index in [1.807, 2.05) is 12.3 Å². The SMILES string of the molecule is CCOC(=O)c1c(C)oc2nc(COC(=O)c3cc(SC)ccc3Cl)nc(N)c12. The van der Waals surface area contributed by atoms with Crippen molar-refractivity contribution in [3.8, 4) is 0 Å². The first-order chi connectivity index (χ1) is 13.8. The Morgan fingerprint density at radius 1 is 1.24 bits per heavy atom. The number of furan rings is 1. The number of nitrogen functional groups attached to an aromatic ring is 1. The quantitative estimate of drug-likeness (QED) is 0.452. The molecule has 1 aromatic carbocycles. The van der Waals surface area contributed by atoms with Gasteiger partial charge in [0.05, 0.1) is 22.6 Å². The zero-order valence-corrected chi connectivity index (χ0v) is 17.5. The van der Waals surface area contributed by atoms with E-state index in [2.05, 4.69) is 9.97 Å². The molecule has 0 spiro atoms. The van der Waals surface area contributed by atoms with Crippen LogP contribution in [0.2, 0.25) is 5.02 Å². The summed E-state index contributed by atoms with van der Waals surface area (Å²) in [6.45, 7) is 3.27. The van der Waals surface area contributed by atoms with Gasteiger partial charge < -0.3 is 19.6 Å². The molecule has 0 aliphatic heterocycles. The maximum Gasteiger partial charge on any atom is 0.342 e. The predicted molar refractivity (Wildman–Crippen MR) is 109 cm³/mol. The van der Waals surface area contributed by atoms with Crippen molar-refractivity contribution >= 4 is 52.2 Å². The van der Waals surface area contributed by atoms with E-state index < -0.39 is 11.9 Å². The lowest BCUT2D eigenvalue weighted by molar-refractivity contribution is 0.0461. The summed E-state index contributed by atoms with van der Waals surface area (Å²) in [6.07, 6.45) is 1.89. The third kappa shape index (κ3) is 4.30. The normalized spacial score (nSPS) is 10.9. The summed E-state index contributed by atoms with van der Waals surface area (Å²) in [5, 5.41) is 0.552. The molecule has 0 saturated carbocycles. The molecule has 152 valence electrons. The van der Waals surface area contributed by atoms with Crippen molar-refractivity contribution in [2.75, 3.05) is 18.6 Å². The number of aryl methyl sites for hydroxylation is 1. The number of nitrogens with zero attached hydrogens (tertiary/aromatic N) is 2. The lowest BCUT2D eigenvalue weighted by atomic mass is 10.2. The number of rotatable bonds is 6. The lowest BCUT2D eigenvalue weighted by Gasteiger charge is -2.08.